The minimum atomic E-state index is -0.313. The van der Waals surface area contributed by atoms with Gasteiger partial charge in [-0.15, -0.1) is 0 Å². The minimum absolute atomic E-state index is 0.0265. The average Bonchev–Trinajstić information content (AvgIpc) is 2.99. The third-order valence-electron chi connectivity index (χ3n) is 4.14. The van der Waals surface area contributed by atoms with Crippen molar-refractivity contribution in [2.75, 3.05) is 10.6 Å². The molecule has 1 unspecified atom stereocenters. The molecule has 0 amide bonds. The van der Waals surface area contributed by atoms with Gasteiger partial charge in [-0.2, -0.15) is 4.98 Å². The number of aromatic nitrogens is 3. The fourth-order valence-electron chi connectivity index (χ4n) is 2.95. The number of nitrogens with zero attached hydrogens (tertiary/aromatic N) is 2. The molecule has 132 valence electrons. The molecule has 3 aromatic rings. The molecule has 1 aliphatic rings. The minimum Gasteiger partial charge on any atom is -0.359 e. The fourth-order valence-corrected chi connectivity index (χ4v) is 3.18. The maximum atomic E-state index is 14.7. The van der Waals surface area contributed by atoms with Gasteiger partial charge in [-0.05, 0) is 37.3 Å². The smallest absolute Gasteiger partial charge is 0.225 e. The van der Waals surface area contributed by atoms with E-state index in [1.807, 2.05) is 31.2 Å². The predicted molar refractivity (Wildman–Crippen MR) is 103 cm³/mol. The Kier molecular flexibility index (Phi) is 4.34. The molecule has 1 aromatic carbocycles. The number of halogens is 2. The highest BCUT2D eigenvalue weighted by Gasteiger charge is 2.13. The quantitative estimate of drug-likeness (QED) is 0.604. The number of anilines is 3. The van der Waals surface area contributed by atoms with Gasteiger partial charge in [-0.1, -0.05) is 23.8 Å². The zero-order valence-electron chi connectivity index (χ0n) is 14.1. The Labute approximate surface area is 155 Å². The van der Waals surface area contributed by atoms with Crippen molar-refractivity contribution in [1.82, 2.24) is 15.0 Å². The summed E-state index contributed by atoms with van der Waals surface area (Å²) in [6, 6.07) is 7.04. The number of benzene rings is 1. The zero-order chi connectivity index (χ0) is 18.1. The molecule has 1 aliphatic carbocycles. The summed E-state index contributed by atoms with van der Waals surface area (Å²) in [7, 11) is 0. The van der Waals surface area contributed by atoms with Gasteiger partial charge < -0.3 is 15.6 Å². The molecule has 0 saturated carbocycles. The Morgan fingerprint density at radius 1 is 1.31 bits per heavy atom. The highest BCUT2D eigenvalue weighted by molar-refractivity contribution is 6.29. The van der Waals surface area contributed by atoms with Crippen molar-refractivity contribution in [2.24, 2.45) is 0 Å². The van der Waals surface area contributed by atoms with E-state index < -0.39 is 0 Å². The van der Waals surface area contributed by atoms with Gasteiger partial charge in [0, 0.05) is 34.2 Å². The van der Waals surface area contributed by atoms with Gasteiger partial charge >= 0.3 is 0 Å². The summed E-state index contributed by atoms with van der Waals surface area (Å²) in [5.41, 5.74) is 2.05. The predicted octanol–water partition coefficient (Wildman–Crippen LogP) is 5.01. The monoisotopic (exact) mass is 369 g/mol. The topological polar surface area (TPSA) is 65.6 Å². The Morgan fingerprint density at radius 3 is 3.04 bits per heavy atom. The summed E-state index contributed by atoms with van der Waals surface area (Å²) in [6.45, 7) is 1.90. The third-order valence-corrected chi connectivity index (χ3v) is 4.42. The largest absolute Gasteiger partial charge is 0.359 e. The molecule has 0 spiro atoms. The third kappa shape index (κ3) is 3.41. The number of aromatic amines is 1. The molecule has 26 heavy (non-hydrogen) atoms. The van der Waals surface area contributed by atoms with Crippen molar-refractivity contribution in [3.63, 3.8) is 0 Å². The molecule has 0 aliphatic heterocycles. The van der Waals surface area contributed by atoms with E-state index in [4.69, 9.17) is 11.6 Å². The Morgan fingerprint density at radius 2 is 2.19 bits per heavy atom. The number of hydrogen-bond donors (Lipinski definition) is 3. The zero-order valence-corrected chi connectivity index (χ0v) is 14.8. The lowest BCUT2D eigenvalue weighted by Crippen LogP contribution is -2.20. The molecule has 3 N–H and O–H groups in total. The van der Waals surface area contributed by atoms with Crippen LogP contribution in [0.3, 0.4) is 0 Å². The molecule has 0 fully saturated rings. The van der Waals surface area contributed by atoms with E-state index in [0.717, 1.165) is 16.2 Å². The second kappa shape index (κ2) is 6.80. The average molecular weight is 370 g/mol. The van der Waals surface area contributed by atoms with E-state index in [2.05, 4.69) is 25.6 Å². The van der Waals surface area contributed by atoms with Crippen LogP contribution < -0.4 is 10.6 Å². The summed E-state index contributed by atoms with van der Waals surface area (Å²) in [4.78, 5) is 11.8. The molecule has 4 rings (SSSR count). The van der Waals surface area contributed by atoms with Crippen LogP contribution in [0.1, 0.15) is 12.1 Å². The van der Waals surface area contributed by atoms with E-state index in [-0.39, 0.29) is 11.9 Å². The van der Waals surface area contributed by atoms with Crippen LogP contribution in [0.15, 0.2) is 53.7 Å². The van der Waals surface area contributed by atoms with Crippen molar-refractivity contribution >= 4 is 40.0 Å². The first-order chi connectivity index (χ1) is 12.6. The van der Waals surface area contributed by atoms with Gasteiger partial charge in [0.1, 0.15) is 5.82 Å². The maximum Gasteiger partial charge on any atom is 0.225 e. The van der Waals surface area contributed by atoms with Crippen LogP contribution in [0.5, 0.6) is 0 Å². The molecular weight excluding hydrogens is 353 g/mol. The second-order valence-electron chi connectivity index (χ2n) is 6.18. The SMILES string of the molecule is Cc1cc2c(F)c(Nc3ccnc(NC4C=CC=C(Cl)C4)n3)ccc2[nH]1. The lowest BCUT2D eigenvalue weighted by Gasteiger charge is -2.17. The van der Waals surface area contributed by atoms with E-state index in [0.29, 0.717) is 29.3 Å². The van der Waals surface area contributed by atoms with Crippen LogP contribution in [0, 0.1) is 12.7 Å². The van der Waals surface area contributed by atoms with Crippen molar-refractivity contribution in [3.8, 4) is 0 Å². The number of nitrogens with one attached hydrogen (secondary N) is 3. The van der Waals surface area contributed by atoms with E-state index in [1.54, 1.807) is 24.4 Å². The van der Waals surface area contributed by atoms with Crippen LogP contribution in [0.4, 0.5) is 21.8 Å². The standard InChI is InChI=1S/C19H17ClFN5/c1-11-9-14-15(23-11)5-6-16(18(14)21)25-17-7-8-22-19(26-17)24-13-4-2-3-12(20)10-13/h2-9,13,23H,10H2,1H3,(H2,22,24,25,26). The first kappa shape index (κ1) is 16.6. The number of aryl methyl sites for hydroxylation is 1. The molecule has 0 radical (unpaired) electrons. The molecule has 5 nitrogen and oxygen atoms in total. The van der Waals surface area contributed by atoms with Crippen molar-refractivity contribution in [2.45, 2.75) is 19.4 Å². The molecule has 2 heterocycles. The van der Waals surface area contributed by atoms with Gasteiger partial charge in [-0.3, -0.25) is 0 Å². The van der Waals surface area contributed by atoms with Gasteiger partial charge in [0.2, 0.25) is 5.95 Å². The summed E-state index contributed by atoms with van der Waals surface area (Å²) >= 11 is 6.06. The second-order valence-corrected chi connectivity index (χ2v) is 6.67. The van der Waals surface area contributed by atoms with Gasteiger partial charge in [0.15, 0.2) is 5.82 Å². The first-order valence-electron chi connectivity index (χ1n) is 8.26. The van der Waals surface area contributed by atoms with Gasteiger partial charge in [0.25, 0.3) is 0 Å². The molecule has 7 heteroatoms. The number of rotatable bonds is 4. The molecule has 0 bridgehead atoms. The summed E-state index contributed by atoms with van der Waals surface area (Å²) in [5.74, 6) is 0.650. The first-order valence-corrected chi connectivity index (χ1v) is 8.63. The molecule has 0 saturated heterocycles. The summed E-state index contributed by atoms with van der Waals surface area (Å²) in [5, 5.41) is 7.56. The number of fused-ring (bicyclic) bond motifs is 1. The maximum absolute atomic E-state index is 14.7. The fraction of sp³-hybridized carbons (Fsp3) is 0.158. The Hall–Kier alpha value is -2.86. The number of hydrogen-bond acceptors (Lipinski definition) is 4. The van der Waals surface area contributed by atoms with E-state index in [9.17, 15) is 4.39 Å². The van der Waals surface area contributed by atoms with Crippen LogP contribution >= 0.6 is 11.6 Å². The Bertz CT molecular complexity index is 1020. The van der Waals surface area contributed by atoms with Crippen LogP contribution in [-0.2, 0) is 0 Å². The lowest BCUT2D eigenvalue weighted by molar-refractivity contribution is 0.644. The van der Waals surface area contributed by atoms with Crippen molar-refractivity contribution < 1.29 is 4.39 Å². The van der Waals surface area contributed by atoms with Gasteiger partial charge in [-0.25, -0.2) is 9.37 Å². The van der Waals surface area contributed by atoms with E-state index in [1.165, 1.54) is 0 Å². The van der Waals surface area contributed by atoms with Crippen molar-refractivity contribution in [3.05, 3.63) is 65.2 Å². The van der Waals surface area contributed by atoms with Crippen molar-refractivity contribution in [1.29, 1.82) is 0 Å². The normalized spacial score (nSPS) is 16.6. The molecular formula is C19H17ClFN5. The number of H-pyrrole nitrogens is 1. The highest BCUT2D eigenvalue weighted by Crippen LogP contribution is 2.27. The van der Waals surface area contributed by atoms with E-state index >= 15 is 0 Å². The number of allylic oxidation sites excluding steroid dienone is 2. The summed E-state index contributed by atoms with van der Waals surface area (Å²) < 4.78 is 14.7. The molecule has 1 atom stereocenters. The van der Waals surface area contributed by atoms with Crippen LogP contribution in [0.2, 0.25) is 0 Å². The summed E-state index contributed by atoms with van der Waals surface area (Å²) in [6.07, 6.45) is 8.06. The van der Waals surface area contributed by atoms with Crippen LogP contribution in [-0.4, -0.2) is 21.0 Å². The van der Waals surface area contributed by atoms with Crippen LogP contribution in [0.25, 0.3) is 10.9 Å². The highest BCUT2D eigenvalue weighted by atomic mass is 35.5. The van der Waals surface area contributed by atoms with Gasteiger partial charge in [0.05, 0.1) is 11.7 Å². The molecule has 2 aromatic heterocycles. The Balaban J connectivity index is 1.55. The lowest BCUT2D eigenvalue weighted by atomic mass is 10.1.